The number of ether oxygens (including phenoxy) is 1. The van der Waals surface area contributed by atoms with Gasteiger partial charge in [0.15, 0.2) is 11.6 Å². The smallest absolute Gasteiger partial charge is 0.159 e. The van der Waals surface area contributed by atoms with Crippen LogP contribution >= 0.6 is 11.6 Å². The average molecular weight is 298 g/mol. The van der Waals surface area contributed by atoms with Crippen molar-refractivity contribution in [1.29, 1.82) is 0 Å². The Balaban J connectivity index is 2.11. The van der Waals surface area contributed by atoms with Gasteiger partial charge in [0, 0.05) is 5.02 Å². The van der Waals surface area contributed by atoms with Crippen LogP contribution in [-0.4, -0.2) is 6.10 Å². The standard InChI is InChI=1S/C15H14ClF2NO/c1-9(20-12-4-2-3-11(16)8-12)15(19)10-5-6-13(17)14(18)7-10/h2-9,15H,19H2,1H3. The van der Waals surface area contributed by atoms with E-state index in [1.54, 1.807) is 31.2 Å². The predicted octanol–water partition coefficient (Wildman–Crippen LogP) is 4.09. The van der Waals surface area contributed by atoms with Crippen molar-refractivity contribution in [2.75, 3.05) is 0 Å². The minimum absolute atomic E-state index is 0.418. The van der Waals surface area contributed by atoms with Crippen molar-refractivity contribution in [3.8, 4) is 5.75 Å². The lowest BCUT2D eigenvalue weighted by Crippen LogP contribution is -2.28. The van der Waals surface area contributed by atoms with Gasteiger partial charge in [0.1, 0.15) is 11.9 Å². The summed E-state index contributed by atoms with van der Waals surface area (Å²) in [5.74, 6) is -1.25. The Labute approximate surface area is 121 Å². The maximum atomic E-state index is 13.2. The first kappa shape index (κ1) is 14.8. The molecule has 0 aliphatic heterocycles. The summed E-state index contributed by atoms with van der Waals surface area (Å²) in [6, 6.07) is 9.90. The first-order chi connectivity index (χ1) is 9.47. The molecule has 0 saturated carbocycles. The quantitative estimate of drug-likeness (QED) is 0.922. The Morgan fingerprint density at radius 1 is 1.10 bits per heavy atom. The topological polar surface area (TPSA) is 35.2 Å². The van der Waals surface area contributed by atoms with Crippen LogP contribution in [0.15, 0.2) is 42.5 Å². The molecule has 0 bridgehead atoms. The molecule has 2 aromatic rings. The Kier molecular flexibility index (Phi) is 4.57. The van der Waals surface area contributed by atoms with E-state index in [9.17, 15) is 8.78 Å². The third-order valence-electron chi connectivity index (χ3n) is 2.95. The summed E-state index contributed by atoms with van der Waals surface area (Å²) in [6.07, 6.45) is -0.418. The predicted molar refractivity (Wildman–Crippen MR) is 74.8 cm³/mol. The highest BCUT2D eigenvalue weighted by Crippen LogP contribution is 2.23. The van der Waals surface area contributed by atoms with Crippen molar-refractivity contribution < 1.29 is 13.5 Å². The lowest BCUT2D eigenvalue weighted by molar-refractivity contribution is 0.190. The lowest BCUT2D eigenvalue weighted by atomic mass is 10.0. The molecule has 0 heterocycles. The van der Waals surface area contributed by atoms with Gasteiger partial charge in [-0.1, -0.05) is 23.7 Å². The summed E-state index contributed by atoms with van der Waals surface area (Å²) >= 11 is 5.86. The van der Waals surface area contributed by atoms with Gasteiger partial charge in [-0.15, -0.1) is 0 Å². The normalized spacial score (nSPS) is 13.8. The van der Waals surface area contributed by atoms with Gasteiger partial charge in [-0.3, -0.25) is 0 Å². The third-order valence-corrected chi connectivity index (χ3v) is 3.19. The molecule has 5 heteroatoms. The molecule has 0 spiro atoms. The number of hydrogen-bond donors (Lipinski definition) is 1. The fourth-order valence-electron chi connectivity index (χ4n) is 1.82. The second kappa shape index (κ2) is 6.20. The fraction of sp³-hybridized carbons (Fsp3) is 0.200. The van der Waals surface area contributed by atoms with E-state index < -0.39 is 23.8 Å². The molecule has 2 rings (SSSR count). The minimum atomic E-state index is -0.923. The van der Waals surface area contributed by atoms with E-state index in [4.69, 9.17) is 22.1 Å². The van der Waals surface area contributed by atoms with Crippen molar-refractivity contribution in [2.45, 2.75) is 19.1 Å². The number of halogens is 3. The molecule has 0 aliphatic carbocycles. The summed E-state index contributed by atoms with van der Waals surface area (Å²) in [7, 11) is 0. The molecule has 2 aromatic carbocycles. The zero-order valence-corrected chi connectivity index (χ0v) is 11.6. The van der Waals surface area contributed by atoms with Crippen molar-refractivity contribution in [3.05, 3.63) is 64.7 Å². The molecule has 106 valence electrons. The highest BCUT2D eigenvalue weighted by Gasteiger charge is 2.18. The van der Waals surface area contributed by atoms with E-state index in [2.05, 4.69) is 0 Å². The highest BCUT2D eigenvalue weighted by molar-refractivity contribution is 6.30. The number of benzene rings is 2. The fourth-order valence-corrected chi connectivity index (χ4v) is 2.00. The van der Waals surface area contributed by atoms with Crippen LogP contribution in [0.4, 0.5) is 8.78 Å². The molecular weight excluding hydrogens is 284 g/mol. The molecular formula is C15H14ClF2NO. The Bertz CT molecular complexity index is 606. The summed E-state index contributed by atoms with van der Waals surface area (Å²) < 4.78 is 31.7. The molecule has 0 aliphatic rings. The van der Waals surface area contributed by atoms with E-state index in [1.165, 1.54) is 6.07 Å². The summed E-state index contributed by atoms with van der Waals surface area (Å²) in [6.45, 7) is 1.76. The molecule has 0 fully saturated rings. The van der Waals surface area contributed by atoms with Crippen molar-refractivity contribution in [1.82, 2.24) is 0 Å². The molecule has 20 heavy (non-hydrogen) atoms. The molecule has 0 saturated heterocycles. The van der Waals surface area contributed by atoms with Crippen LogP contribution in [-0.2, 0) is 0 Å². The number of nitrogens with two attached hydrogens (primary N) is 1. The van der Waals surface area contributed by atoms with E-state index in [-0.39, 0.29) is 0 Å². The van der Waals surface area contributed by atoms with E-state index in [0.717, 1.165) is 12.1 Å². The third kappa shape index (κ3) is 3.46. The van der Waals surface area contributed by atoms with Gasteiger partial charge in [0.05, 0.1) is 6.04 Å². The van der Waals surface area contributed by atoms with Gasteiger partial charge < -0.3 is 10.5 Å². The zero-order chi connectivity index (χ0) is 14.7. The van der Waals surface area contributed by atoms with Crippen molar-refractivity contribution >= 4 is 11.6 Å². The molecule has 0 amide bonds. The Morgan fingerprint density at radius 3 is 2.50 bits per heavy atom. The monoisotopic (exact) mass is 297 g/mol. The first-order valence-corrected chi connectivity index (χ1v) is 6.48. The minimum Gasteiger partial charge on any atom is -0.489 e. The molecule has 2 nitrogen and oxygen atoms in total. The van der Waals surface area contributed by atoms with Crippen LogP contribution in [0.1, 0.15) is 18.5 Å². The molecule has 2 unspecified atom stereocenters. The average Bonchev–Trinajstić information content (AvgIpc) is 2.41. The van der Waals surface area contributed by atoms with Gasteiger partial charge >= 0.3 is 0 Å². The second-order valence-electron chi connectivity index (χ2n) is 4.48. The number of hydrogen-bond acceptors (Lipinski definition) is 2. The van der Waals surface area contributed by atoms with Crippen LogP contribution in [0.2, 0.25) is 5.02 Å². The largest absolute Gasteiger partial charge is 0.489 e. The lowest BCUT2D eigenvalue weighted by Gasteiger charge is -2.22. The van der Waals surface area contributed by atoms with E-state index in [1.807, 2.05) is 0 Å². The van der Waals surface area contributed by atoms with Gasteiger partial charge in [0.2, 0.25) is 0 Å². The van der Waals surface area contributed by atoms with E-state index >= 15 is 0 Å². The van der Waals surface area contributed by atoms with Gasteiger partial charge in [-0.05, 0) is 42.8 Å². The first-order valence-electron chi connectivity index (χ1n) is 6.10. The summed E-state index contributed by atoms with van der Waals surface area (Å²) in [5, 5.41) is 0.552. The van der Waals surface area contributed by atoms with Crippen LogP contribution in [0.3, 0.4) is 0 Å². The van der Waals surface area contributed by atoms with Crippen LogP contribution in [0, 0.1) is 11.6 Å². The maximum Gasteiger partial charge on any atom is 0.159 e. The van der Waals surface area contributed by atoms with E-state index in [0.29, 0.717) is 16.3 Å². The van der Waals surface area contributed by atoms with Crippen molar-refractivity contribution in [3.63, 3.8) is 0 Å². The Morgan fingerprint density at radius 2 is 1.85 bits per heavy atom. The molecule has 0 radical (unpaired) electrons. The summed E-state index contributed by atoms with van der Waals surface area (Å²) in [5.41, 5.74) is 6.47. The summed E-state index contributed by atoms with van der Waals surface area (Å²) in [4.78, 5) is 0. The molecule has 0 aromatic heterocycles. The second-order valence-corrected chi connectivity index (χ2v) is 4.92. The zero-order valence-electron chi connectivity index (χ0n) is 10.8. The van der Waals surface area contributed by atoms with Gasteiger partial charge in [0.25, 0.3) is 0 Å². The van der Waals surface area contributed by atoms with Crippen LogP contribution < -0.4 is 10.5 Å². The van der Waals surface area contributed by atoms with Crippen LogP contribution in [0.5, 0.6) is 5.75 Å². The van der Waals surface area contributed by atoms with Gasteiger partial charge in [-0.2, -0.15) is 0 Å². The maximum absolute atomic E-state index is 13.2. The van der Waals surface area contributed by atoms with Crippen LogP contribution in [0.25, 0.3) is 0 Å². The molecule has 2 atom stereocenters. The highest BCUT2D eigenvalue weighted by atomic mass is 35.5. The SMILES string of the molecule is CC(Oc1cccc(Cl)c1)C(N)c1ccc(F)c(F)c1. The number of rotatable bonds is 4. The molecule has 2 N–H and O–H groups in total. The van der Waals surface area contributed by atoms with Crippen molar-refractivity contribution in [2.24, 2.45) is 5.73 Å². The van der Waals surface area contributed by atoms with Gasteiger partial charge in [-0.25, -0.2) is 8.78 Å². The Hall–Kier alpha value is -1.65.